The summed E-state index contributed by atoms with van der Waals surface area (Å²) in [6.07, 6.45) is 13.4. The van der Waals surface area contributed by atoms with Gasteiger partial charge in [0.1, 0.15) is 18.1 Å². The molecule has 0 saturated heterocycles. The standard InChI is InChI=1S/C20H34O3/c1-2-3-4-5-6-7-8-9-10-11-17-22-19-12-14-20(15-13-19)23-18-16-21/h12-15,21H,2-11,16-18H2,1H3. The molecule has 0 atom stereocenters. The lowest BCUT2D eigenvalue weighted by molar-refractivity contribution is 0.201. The molecule has 0 aliphatic heterocycles. The number of aliphatic hydroxyl groups excluding tert-OH is 1. The van der Waals surface area contributed by atoms with Crippen LogP contribution in [0, 0.1) is 0 Å². The molecule has 1 rings (SSSR count). The topological polar surface area (TPSA) is 38.7 Å². The largest absolute Gasteiger partial charge is 0.494 e. The molecule has 0 fully saturated rings. The van der Waals surface area contributed by atoms with Crippen LogP contribution < -0.4 is 9.47 Å². The molecule has 0 unspecified atom stereocenters. The summed E-state index contributed by atoms with van der Waals surface area (Å²) in [4.78, 5) is 0. The fraction of sp³-hybridized carbons (Fsp3) is 0.700. The SMILES string of the molecule is CCCCCCCCCCCCOc1ccc(OCCO)cc1. The van der Waals surface area contributed by atoms with E-state index in [1.807, 2.05) is 24.3 Å². The molecule has 0 aromatic heterocycles. The van der Waals surface area contributed by atoms with E-state index in [2.05, 4.69) is 6.92 Å². The van der Waals surface area contributed by atoms with Crippen LogP contribution in [0.1, 0.15) is 71.1 Å². The maximum atomic E-state index is 8.70. The number of hydrogen-bond acceptors (Lipinski definition) is 3. The molecule has 0 bridgehead atoms. The molecular weight excluding hydrogens is 288 g/mol. The third-order valence-corrected chi connectivity index (χ3v) is 3.95. The summed E-state index contributed by atoms with van der Waals surface area (Å²) in [5, 5.41) is 8.70. The summed E-state index contributed by atoms with van der Waals surface area (Å²) in [6.45, 7) is 3.42. The van der Waals surface area contributed by atoms with Gasteiger partial charge in [-0.1, -0.05) is 64.7 Å². The average molecular weight is 322 g/mol. The molecule has 0 radical (unpaired) electrons. The maximum Gasteiger partial charge on any atom is 0.119 e. The highest BCUT2D eigenvalue weighted by molar-refractivity contribution is 5.31. The second-order valence-electron chi connectivity index (χ2n) is 6.07. The monoisotopic (exact) mass is 322 g/mol. The third-order valence-electron chi connectivity index (χ3n) is 3.95. The van der Waals surface area contributed by atoms with Gasteiger partial charge in [-0.3, -0.25) is 0 Å². The minimum atomic E-state index is 0.0387. The average Bonchev–Trinajstić information content (AvgIpc) is 2.59. The van der Waals surface area contributed by atoms with Crippen LogP contribution in [-0.4, -0.2) is 24.9 Å². The van der Waals surface area contributed by atoms with Crippen molar-refractivity contribution in [2.45, 2.75) is 71.1 Å². The van der Waals surface area contributed by atoms with Crippen molar-refractivity contribution in [3.8, 4) is 11.5 Å². The van der Waals surface area contributed by atoms with Crippen molar-refractivity contribution in [1.29, 1.82) is 0 Å². The minimum Gasteiger partial charge on any atom is -0.494 e. The van der Waals surface area contributed by atoms with Crippen LogP contribution in [0.25, 0.3) is 0 Å². The first-order chi connectivity index (χ1) is 11.4. The van der Waals surface area contributed by atoms with E-state index < -0.39 is 0 Å². The quantitative estimate of drug-likeness (QED) is 0.442. The molecule has 3 nitrogen and oxygen atoms in total. The van der Waals surface area contributed by atoms with Gasteiger partial charge in [0.2, 0.25) is 0 Å². The van der Waals surface area contributed by atoms with Crippen LogP contribution in [0.2, 0.25) is 0 Å². The van der Waals surface area contributed by atoms with Gasteiger partial charge < -0.3 is 14.6 Å². The Labute approximate surface area is 142 Å². The molecule has 23 heavy (non-hydrogen) atoms. The number of benzene rings is 1. The van der Waals surface area contributed by atoms with Crippen molar-refractivity contribution in [3.05, 3.63) is 24.3 Å². The van der Waals surface area contributed by atoms with Gasteiger partial charge in [-0.25, -0.2) is 0 Å². The number of aliphatic hydroxyl groups is 1. The van der Waals surface area contributed by atoms with E-state index in [-0.39, 0.29) is 6.61 Å². The minimum absolute atomic E-state index is 0.0387. The van der Waals surface area contributed by atoms with E-state index in [0.717, 1.165) is 24.5 Å². The van der Waals surface area contributed by atoms with E-state index in [1.54, 1.807) is 0 Å². The zero-order valence-corrected chi connectivity index (χ0v) is 14.8. The summed E-state index contributed by atoms with van der Waals surface area (Å²) in [5.41, 5.74) is 0. The Balaban J connectivity index is 1.92. The van der Waals surface area contributed by atoms with Crippen LogP contribution in [0.4, 0.5) is 0 Å². The Morgan fingerprint density at radius 1 is 0.652 bits per heavy atom. The first-order valence-electron chi connectivity index (χ1n) is 9.33. The van der Waals surface area contributed by atoms with E-state index in [1.165, 1.54) is 57.8 Å². The summed E-state index contributed by atoms with van der Waals surface area (Å²) in [6, 6.07) is 7.60. The van der Waals surface area contributed by atoms with Crippen molar-refractivity contribution >= 4 is 0 Å². The Kier molecular flexibility index (Phi) is 12.4. The smallest absolute Gasteiger partial charge is 0.119 e. The van der Waals surface area contributed by atoms with Crippen molar-refractivity contribution in [2.24, 2.45) is 0 Å². The van der Waals surface area contributed by atoms with Crippen molar-refractivity contribution in [3.63, 3.8) is 0 Å². The Hall–Kier alpha value is -1.22. The highest BCUT2D eigenvalue weighted by atomic mass is 16.5. The second-order valence-corrected chi connectivity index (χ2v) is 6.07. The van der Waals surface area contributed by atoms with Gasteiger partial charge in [0.15, 0.2) is 0 Å². The first-order valence-corrected chi connectivity index (χ1v) is 9.33. The molecule has 3 heteroatoms. The fourth-order valence-electron chi connectivity index (χ4n) is 2.58. The number of unbranched alkanes of at least 4 members (excludes halogenated alkanes) is 9. The molecular formula is C20H34O3. The number of ether oxygens (including phenoxy) is 2. The van der Waals surface area contributed by atoms with Gasteiger partial charge in [0.05, 0.1) is 13.2 Å². The molecule has 0 heterocycles. The molecule has 0 saturated carbocycles. The molecule has 132 valence electrons. The highest BCUT2D eigenvalue weighted by Gasteiger charge is 1.97. The van der Waals surface area contributed by atoms with Crippen molar-refractivity contribution in [2.75, 3.05) is 19.8 Å². The van der Waals surface area contributed by atoms with Gasteiger partial charge in [0.25, 0.3) is 0 Å². The Morgan fingerprint density at radius 3 is 1.57 bits per heavy atom. The molecule has 1 aromatic carbocycles. The van der Waals surface area contributed by atoms with Crippen molar-refractivity contribution in [1.82, 2.24) is 0 Å². The predicted octanol–water partition coefficient (Wildman–Crippen LogP) is 5.36. The van der Waals surface area contributed by atoms with E-state index in [4.69, 9.17) is 14.6 Å². The van der Waals surface area contributed by atoms with Crippen LogP contribution in [0.15, 0.2) is 24.3 Å². The van der Waals surface area contributed by atoms with E-state index in [9.17, 15) is 0 Å². The second kappa shape index (κ2) is 14.4. The molecule has 0 aliphatic carbocycles. The summed E-state index contributed by atoms with van der Waals surface area (Å²) in [7, 11) is 0. The van der Waals surface area contributed by atoms with Gasteiger partial charge in [-0.2, -0.15) is 0 Å². The molecule has 0 spiro atoms. The lowest BCUT2D eigenvalue weighted by Gasteiger charge is -2.08. The van der Waals surface area contributed by atoms with E-state index in [0.29, 0.717) is 6.61 Å². The molecule has 1 aromatic rings. The maximum absolute atomic E-state index is 8.70. The van der Waals surface area contributed by atoms with Gasteiger partial charge >= 0.3 is 0 Å². The fourth-order valence-corrected chi connectivity index (χ4v) is 2.58. The lowest BCUT2D eigenvalue weighted by atomic mass is 10.1. The van der Waals surface area contributed by atoms with E-state index >= 15 is 0 Å². The lowest BCUT2D eigenvalue weighted by Crippen LogP contribution is -2.01. The van der Waals surface area contributed by atoms with Crippen LogP contribution in [-0.2, 0) is 0 Å². The van der Waals surface area contributed by atoms with Gasteiger partial charge in [-0.05, 0) is 30.7 Å². The zero-order valence-electron chi connectivity index (χ0n) is 14.8. The molecule has 0 amide bonds. The number of rotatable bonds is 15. The Bertz CT molecular complexity index is 362. The molecule has 0 aliphatic rings. The number of hydrogen-bond donors (Lipinski definition) is 1. The van der Waals surface area contributed by atoms with Crippen LogP contribution in [0.3, 0.4) is 0 Å². The first kappa shape index (κ1) is 19.8. The zero-order chi connectivity index (χ0) is 16.6. The van der Waals surface area contributed by atoms with Crippen LogP contribution in [0.5, 0.6) is 11.5 Å². The van der Waals surface area contributed by atoms with Crippen LogP contribution >= 0.6 is 0 Å². The molecule has 1 N–H and O–H groups in total. The van der Waals surface area contributed by atoms with Crippen molar-refractivity contribution < 1.29 is 14.6 Å². The Morgan fingerprint density at radius 2 is 1.09 bits per heavy atom. The normalized spacial score (nSPS) is 10.7. The van der Waals surface area contributed by atoms with Gasteiger partial charge in [-0.15, -0.1) is 0 Å². The third kappa shape index (κ3) is 11.0. The summed E-state index contributed by atoms with van der Waals surface area (Å²) < 4.78 is 11.0. The predicted molar refractivity (Wildman–Crippen MR) is 96.4 cm³/mol. The summed E-state index contributed by atoms with van der Waals surface area (Å²) in [5.74, 6) is 1.66. The summed E-state index contributed by atoms with van der Waals surface area (Å²) >= 11 is 0. The highest BCUT2D eigenvalue weighted by Crippen LogP contribution is 2.18. The van der Waals surface area contributed by atoms with Gasteiger partial charge in [0, 0.05) is 0 Å².